The molecule has 1 N–H and O–H groups in total. The highest BCUT2D eigenvalue weighted by molar-refractivity contribution is 7.99. The topological polar surface area (TPSA) is 86.9 Å². The number of rotatable bonds is 9. The molecule has 2 heterocycles. The molecule has 0 bridgehead atoms. The van der Waals surface area contributed by atoms with Gasteiger partial charge in [0.2, 0.25) is 5.91 Å². The molecule has 0 radical (unpaired) electrons. The van der Waals surface area contributed by atoms with Crippen LogP contribution in [0.25, 0.3) is 22.6 Å². The first-order valence-electron chi connectivity index (χ1n) is 11.2. The van der Waals surface area contributed by atoms with Crippen molar-refractivity contribution in [2.75, 3.05) is 18.2 Å². The maximum atomic E-state index is 12.6. The molecule has 0 saturated heterocycles. The summed E-state index contributed by atoms with van der Waals surface area (Å²) in [6.45, 7) is 4.79. The quantitative estimate of drug-likeness (QED) is 0.353. The molecule has 1 amide bonds. The van der Waals surface area contributed by atoms with Crippen molar-refractivity contribution in [3.05, 3.63) is 60.3 Å². The second-order valence-electron chi connectivity index (χ2n) is 7.74. The normalized spacial score (nSPS) is 10.9. The van der Waals surface area contributed by atoms with Crippen molar-refractivity contribution < 1.29 is 9.53 Å². The van der Waals surface area contributed by atoms with Crippen molar-refractivity contribution >= 4 is 23.4 Å². The lowest BCUT2D eigenvalue weighted by atomic mass is 10.1. The summed E-state index contributed by atoms with van der Waals surface area (Å²) in [4.78, 5) is 12.6. The zero-order valence-corrected chi connectivity index (χ0v) is 20.6. The molecule has 8 nitrogen and oxygen atoms in total. The highest BCUT2D eigenvalue weighted by atomic mass is 32.2. The van der Waals surface area contributed by atoms with Gasteiger partial charge in [-0.2, -0.15) is 5.10 Å². The average molecular weight is 477 g/mol. The maximum Gasteiger partial charge on any atom is 0.234 e. The average Bonchev–Trinajstić information content (AvgIpc) is 3.45. The van der Waals surface area contributed by atoms with Gasteiger partial charge in [-0.25, -0.2) is 0 Å². The summed E-state index contributed by atoms with van der Waals surface area (Å²) < 4.78 is 9.16. The lowest BCUT2D eigenvalue weighted by Gasteiger charge is -2.09. The molecule has 0 atom stereocenters. The Bertz CT molecular complexity index is 1300. The first-order valence-corrected chi connectivity index (χ1v) is 12.1. The van der Waals surface area contributed by atoms with Crippen LogP contribution in [0.2, 0.25) is 0 Å². The molecule has 0 aliphatic carbocycles. The predicted octanol–water partition coefficient (Wildman–Crippen LogP) is 4.67. The van der Waals surface area contributed by atoms with Gasteiger partial charge in [-0.3, -0.25) is 9.48 Å². The Balaban J connectivity index is 1.55. The fraction of sp³-hybridized carbons (Fsp3) is 0.280. The molecular formula is C25H28N6O2S. The Labute approximate surface area is 203 Å². The fourth-order valence-electron chi connectivity index (χ4n) is 3.71. The van der Waals surface area contributed by atoms with E-state index in [1.807, 2.05) is 73.3 Å². The van der Waals surface area contributed by atoms with Gasteiger partial charge in [-0.15, -0.1) is 10.2 Å². The van der Waals surface area contributed by atoms with Gasteiger partial charge < -0.3 is 14.6 Å². The summed E-state index contributed by atoms with van der Waals surface area (Å²) >= 11 is 1.37. The Kier molecular flexibility index (Phi) is 7.32. The molecule has 0 aliphatic rings. The monoisotopic (exact) mass is 476 g/mol. The van der Waals surface area contributed by atoms with Gasteiger partial charge in [0.05, 0.1) is 18.4 Å². The molecule has 4 rings (SSSR count). The van der Waals surface area contributed by atoms with E-state index in [0.29, 0.717) is 17.5 Å². The number of ether oxygens (including phenoxy) is 1. The third kappa shape index (κ3) is 5.14. The number of nitrogens with one attached hydrogen (secondary N) is 1. The largest absolute Gasteiger partial charge is 0.497 e. The van der Waals surface area contributed by atoms with Crippen molar-refractivity contribution in [3.8, 4) is 28.4 Å². The fourth-order valence-corrected chi connectivity index (χ4v) is 4.51. The number of aromatic nitrogens is 5. The highest BCUT2D eigenvalue weighted by Crippen LogP contribution is 2.33. The summed E-state index contributed by atoms with van der Waals surface area (Å²) in [5.41, 5.74) is 4.60. The van der Waals surface area contributed by atoms with Crippen molar-refractivity contribution in [1.29, 1.82) is 0 Å². The molecule has 9 heteroatoms. The van der Waals surface area contributed by atoms with E-state index in [2.05, 4.69) is 27.5 Å². The zero-order chi connectivity index (χ0) is 24.1. The van der Waals surface area contributed by atoms with Crippen LogP contribution < -0.4 is 10.1 Å². The minimum atomic E-state index is -0.0797. The van der Waals surface area contributed by atoms with Crippen LogP contribution in [0.5, 0.6) is 5.75 Å². The summed E-state index contributed by atoms with van der Waals surface area (Å²) in [5, 5.41) is 17.2. The smallest absolute Gasteiger partial charge is 0.234 e. The first-order chi connectivity index (χ1) is 16.5. The van der Waals surface area contributed by atoms with Gasteiger partial charge >= 0.3 is 0 Å². The van der Waals surface area contributed by atoms with E-state index in [0.717, 1.165) is 34.7 Å². The second kappa shape index (κ2) is 10.6. The van der Waals surface area contributed by atoms with Crippen molar-refractivity contribution in [2.45, 2.75) is 32.0 Å². The van der Waals surface area contributed by atoms with E-state index in [1.165, 1.54) is 17.3 Å². The van der Waals surface area contributed by atoms with Crippen LogP contribution in [-0.4, -0.2) is 43.3 Å². The van der Waals surface area contributed by atoms with Crippen molar-refractivity contribution in [3.63, 3.8) is 0 Å². The number of nitrogens with zero attached hydrogens (tertiary/aromatic N) is 5. The molecule has 0 fully saturated rings. The molecule has 0 spiro atoms. The highest BCUT2D eigenvalue weighted by Gasteiger charge is 2.21. The van der Waals surface area contributed by atoms with Gasteiger partial charge in [-0.1, -0.05) is 43.0 Å². The van der Waals surface area contributed by atoms with Crippen LogP contribution in [0.3, 0.4) is 0 Å². The third-order valence-electron chi connectivity index (χ3n) is 5.40. The number of benzene rings is 2. The predicted molar refractivity (Wildman–Crippen MR) is 135 cm³/mol. The molecule has 176 valence electrons. The first kappa shape index (κ1) is 23.6. The number of anilines is 1. The Morgan fingerprint density at radius 2 is 1.94 bits per heavy atom. The van der Waals surface area contributed by atoms with Gasteiger partial charge in [0, 0.05) is 31.0 Å². The lowest BCUT2D eigenvalue weighted by molar-refractivity contribution is -0.113. The van der Waals surface area contributed by atoms with E-state index in [-0.39, 0.29) is 11.7 Å². The third-order valence-corrected chi connectivity index (χ3v) is 6.36. The number of aryl methyl sites for hydroxylation is 2. The minimum Gasteiger partial charge on any atom is -0.497 e. The van der Waals surface area contributed by atoms with Crippen LogP contribution in [0.15, 0.2) is 59.9 Å². The number of hydrogen-bond donors (Lipinski definition) is 1. The zero-order valence-electron chi connectivity index (χ0n) is 19.8. The Morgan fingerprint density at radius 3 is 2.71 bits per heavy atom. The number of methoxy groups -OCH3 is 1. The van der Waals surface area contributed by atoms with Crippen LogP contribution in [-0.2, 0) is 24.8 Å². The van der Waals surface area contributed by atoms with E-state index >= 15 is 0 Å². The molecular weight excluding hydrogens is 448 g/mol. The van der Waals surface area contributed by atoms with Crippen molar-refractivity contribution in [2.24, 2.45) is 7.05 Å². The van der Waals surface area contributed by atoms with Gasteiger partial charge in [0.15, 0.2) is 11.0 Å². The minimum absolute atomic E-state index is 0.0797. The number of carbonyl (C=O) groups is 1. The summed E-state index contributed by atoms with van der Waals surface area (Å²) in [7, 11) is 3.53. The van der Waals surface area contributed by atoms with E-state index < -0.39 is 0 Å². The summed E-state index contributed by atoms with van der Waals surface area (Å²) in [6.07, 6.45) is 2.86. The van der Waals surface area contributed by atoms with E-state index in [9.17, 15) is 4.79 Å². The van der Waals surface area contributed by atoms with Gasteiger partial charge in [0.25, 0.3) is 0 Å². The number of carbonyl (C=O) groups excluding carboxylic acids is 1. The standard InChI is InChI=1S/C25H28N6O2S/c1-5-17-9-7-11-19(13-17)26-22(32)16-34-25-28-27-24(31(25)6-2)21-15-30(3)29-23(21)18-10-8-12-20(14-18)33-4/h7-15H,5-6,16H2,1-4H3,(H,26,32). The number of hydrogen-bond acceptors (Lipinski definition) is 6. The summed E-state index contributed by atoms with van der Waals surface area (Å²) in [5.74, 6) is 1.64. The molecule has 0 saturated carbocycles. The number of thioether (sulfide) groups is 1. The lowest BCUT2D eigenvalue weighted by Crippen LogP contribution is -2.14. The second-order valence-corrected chi connectivity index (χ2v) is 8.68. The van der Waals surface area contributed by atoms with E-state index in [1.54, 1.807) is 11.8 Å². The Hall–Kier alpha value is -3.59. The molecule has 0 unspecified atom stereocenters. The molecule has 2 aromatic carbocycles. The van der Waals surface area contributed by atoms with Crippen LogP contribution in [0, 0.1) is 0 Å². The van der Waals surface area contributed by atoms with Gasteiger partial charge in [0.1, 0.15) is 11.4 Å². The molecule has 0 aliphatic heterocycles. The molecule has 34 heavy (non-hydrogen) atoms. The number of amides is 1. The van der Waals surface area contributed by atoms with Crippen LogP contribution >= 0.6 is 11.8 Å². The van der Waals surface area contributed by atoms with Crippen LogP contribution in [0.1, 0.15) is 19.4 Å². The summed E-state index contributed by atoms with van der Waals surface area (Å²) in [6, 6.07) is 15.7. The molecule has 4 aromatic rings. The van der Waals surface area contributed by atoms with Gasteiger partial charge in [-0.05, 0) is 43.2 Å². The molecule has 2 aromatic heterocycles. The Morgan fingerprint density at radius 1 is 1.12 bits per heavy atom. The van der Waals surface area contributed by atoms with Crippen LogP contribution in [0.4, 0.5) is 5.69 Å². The van der Waals surface area contributed by atoms with Crippen molar-refractivity contribution in [1.82, 2.24) is 24.5 Å². The SMILES string of the molecule is CCc1cccc(NC(=O)CSc2nnc(-c3cn(C)nc3-c3cccc(OC)c3)n2CC)c1. The maximum absolute atomic E-state index is 12.6. The van der Waals surface area contributed by atoms with E-state index in [4.69, 9.17) is 4.74 Å².